The van der Waals surface area contributed by atoms with Crippen LogP contribution in [0.4, 0.5) is 39.5 Å². The minimum Gasteiger partial charge on any atom is -0.487 e. The molecule has 0 saturated carbocycles. The Bertz CT molecular complexity index is 297. The van der Waals surface area contributed by atoms with E-state index in [9.17, 15) is 39.5 Å². The van der Waals surface area contributed by atoms with E-state index in [1.54, 1.807) is 0 Å². The Hall–Kier alpha value is -1.09. The molecule has 1 nitrogen and oxygen atoms in total. The largest absolute Gasteiger partial charge is 0.487 e. The first-order chi connectivity index (χ1) is 7.35. The molecule has 17 heavy (non-hydrogen) atoms. The van der Waals surface area contributed by atoms with E-state index in [1.165, 1.54) is 0 Å². The van der Waals surface area contributed by atoms with Crippen LogP contribution in [-0.2, 0) is 4.74 Å². The van der Waals surface area contributed by atoms with Gasteiger partial charge in [0, 0.05) is 0 Å². The Labute approximate surface area is 88.8 Å². The highest BCUT2D eigenvalue weighted by Gasteiger charge is 2.64. The average Bonchev–Trinajstić information content (AvgIpc) is 2.09. The number of ether oxygens (including phenoxy) is 1. The summed E-state index contributed by atoms with van der Waals surface area (Å²) in [7, 11) is 0. The van der Waals surface area contributed by atoms with Gasteiger partial charge in [-0.1, -0.05) is 0 Å². The van der Waals surface area contributed by atoms with Crippen molar-refractivity contribution in [2.45, 2.75) is 25.2 Å². The zero-order valence-electron chi connectivity index (χ0n) is 8.02. The second kappa shape index (κ2) is 4.65. The molecule has 0 bridgehead atoms. The molecule has 0 aliphatic rings. The fourth-order valence-corrected chi connectivity index (χ4v) is 0.681. The summed E-state index contributed by atoms with van der Waals surface area (Å²) < 4.78 is 111. The van der Waals surface area contributed by atoms with Crippen LogP contribution in [0.1, 0.15) is 6.92 Å². The van der Waals surface area contributed by atoms with Crippen LogP contribution in [0.3, 0.4) is 0 Å². The maximum atomic E-state index is 12.6. The highest BCUT2D eigenvalue weighted by molar-refractivity contribution is 5.16. The molecule has 10 heteroatoms. The maximum Gasteiger partial charge on any atom is 0.460 e. The summed E-state index contributed by atoms with van der Waals surface area (Å²) in [6.45, 7) is -0.0546. The highest BCUT2D eigenvalue weighted by Crippen LogP contribution is 2.45. The fourth-order valence-electron chi connectivity index (χ4n) is 0.681. The molecule has 0 aromatic rings. The van der Waals surface area contributed by atoms with E-state index in [1.807, 2.05) is 0 Å². The molecule has 0 aromatic carbocycles. The van der Waals surface area contributed by atoms with Crippen LogP contribution in [0.15, 0.2) is 11.6 Å². The van der Waals surface area contributed by atoms with Gasteiger partial charge in [0.05, 0.1) is 6.61 Å². The van der Waals surface area contributed by atoms with Crippen molar-refractivity contribution in [2.24, 2.45) is 0 Å². The SMILES string of the molecule is CCO/C(=C(/F)C(F)(F)C(F)(F)F)C(F)(F)F. The molecule has 0 spiro atoms. The Morgan fingerprint density at radius 1 is 0.941 bits per heavy atom. The quantitative estimate of drug-likeness (QED) is 0.560. The van der Waals surface area contributed by atoms with Crippen LogP contribution < -0.4 is 0 Å². The van der Waals surface area contributed by atoms with Crippen molar-refractivity contribution in [3.05, 3.63) is 11.6 Å². The van der Waals surface area contributed by atoms with Crippen LogP contribution in [0.2, 0.25) is 0 Å². The van der Waals surface area contributed by atoms with E-state index in [0.29, 0.717) is 0 Å². The molecule has 0 unspecified atom stereocenters. The summed E-state index contributed by atoms with van der Waals surface area (Å²) in [6.07, 6.45) is -12.3. The Balaban J connectivity index is 5.66. The number of hydrogen-bond donors (Lipinski definition) is 0. The van der Waals surface area contributed by atoms with Gasteiger partial charge in [0.25, 0.3) is 0 Å². The third-order valence-electron chi connectivity index (χ3n) is 1.38. The fraction of sp³-hybridized carbons (Fsp3) is 0.714. The molecule has 0 aromatic heterocycles. The second-order valence-corrected chi connectivity index (χ2v) is 2.65. The lowest BCUT2D eigenvalue weighted by Crippen LogP contribution is -2.39. The van der Waals surface area contributed by atoms with Crippen molar-refractivity contribution in [1.82, 2.24) is 0 Å². The monoisotopic (exact) mass is 276 g/mol. The van der Waals surface area contributed by atoms with Gasteiger partial charge in [-0.15, -0.1) is 0 Å². The van der Waals surface area contributed by atoms with Crippen molar-refractivity contribution in [3.8, 4) is 0 Å². The zero-order chi connectivity index (χ0) is 14.1. The normalized spacial score (nSPS) is 15.6. The predicted molar refractivity (Wildman–Crippen MR) is 36.8 cm³/mol. The minimum atomic E-state index is -6.48. The molecule has 0 amide bonds. The van der Waals surface area contributed by atoms with Crippen LogP contribution >= 0.6 is 0 Å². The number of hydrogen-bond acceptors (Lipinski definition) is 1. The lowest BCUT2D eigenvalue weighted by atomic mass is 10.2. The first-order valence-corrected chi connectivity index (χ1v) is 3.90. The number of halogens is 9. The van der Waals surface area contributed by atoms with Gasteiger partial charge in [-0.3, -0.25) is 0 Å². The Morgan fingerprint density at radius 3 is 1.59 bits per heavy atom. The summed E-state index contributed by atoms with van der Waals surface area (Å²) in [5, 5.41) is 0. The summed E-state index contributed by atoms with van der Waals surface area (Å²) in [5.74, 6) is -12.9. The number of alkyl halides is 8. The molecule has 0 N–H and O–H groups in total. The molecule has 0 rings (SSSR count). The van der Waals surface area contributed by atoms with Gasteiger partial charge in [-0.05, 0) is 6.92 Å². The molecule has 102 valence electrons. The predicted octanol–water partition coefficient (Wildman–Crippen LogP) is 3.96. The molecule has 0 fully saturated rings. The van der Waals surface area contributed by atoms with Gasteiger partial charge in [-0.25, -0.2) is 4.39 Å². The first kappa shape index (κ1) is 15.9. The molecular formula is C7H5F9O. The molecule has 0 aliphatic carbocycles. The van der Waals surface area contributed by atoms with Crippen LogP contribution in [0, 0.1) is 0 Å². The van der Waals surface area contributed by atoms with Gasteiger partial charge in [0.15, 0.2) is 0 Å². The van der Waals surface area contributed by atoms with Crippen molar-refractivity contribution < 1.29 is 44.3 Å². The number of allylic oxidation sites excluding steroid dienone is 2. The van der Waals surface area contributed by atoms with Crippen LogP contribution in [0.5, 0.6) is 0 Å². The van der Waals surface area contributed by atoms with Crippen molar-refractivity contribution >= 4 is 0 Å². The first-order valence-electron chi connectivity index (χ1n) is 3.90. The lowest BCUT2D eigenvalue weighted by molar-refractivity contribution is -0.274. The third-order valence-corrected chi connectivity index (χ3v) is 1.38. The summed E-state index contributed by atoms with van der Waals surface area (Å²) in [5.41, 5.74) is 0. The molecule has 0 heterocycles. The smallest absolute Gasteiger partial charge is 0.460 e. The van der Waals surface area contributed by atoms with Gasteiger partial charge >= 0.3 is 18.3 Å². The van der Waals surface area contributed by atoms with Gasteiger partial charge < -0.3 is 4.74 Å². The third kappa shape index (κ3) is 3.43. The van der Waals surface area contributed by atoms with E-state index >= 15 is 0 Å². The number of rotatable bonds is 3. The standard InChI is InChI=1S/C7H5F9O/c1-2-17-4(6(11,12)13)3(8)5(9,10)7(14,15)16/h2H2,1H3/b4-3+. The van der Waals surface area contributed by atoms with E-state index in [4.69, 9.17) is 0 Å². The summed E-state index contributed by atoms with van der Waals surface area (Å²) in [4.78, 5) is 0. The van der Waals surface area contributed by atoms with Gasteiger partial charge in [-0.2, -0.15) is 35.1 Å². The second-order valence-electron chi connectivity index (χ2n) is 2.65. The highest BCUT2D eigenvalue weighted by atomic mass is 19.4. The van der Waals surface area contributed by atoms with Crippen molar-refractivity contribution in [2.75, 3.05) is 6.61 Å². The zero-order valence-corrected chi connectivity index (χ0v) is 8.02. The van der Waals surface area contributed by atoms with E-state index < -0.39 is 36.5 Å². The molecule has 0 atom stereocenters. The average molecular weight is 276 g/mol. The lowest BCUT2D eigenvalue weighted by Gasteiger charge is -2.21. The topological polar surface area (TPSA) is 9.23 Å². The van der Waals surface area contributed by atoms with Crippen molar-refractivity contribution in [3.63, 3.8) is 0 Å². The van der Waals surface area contributed by atoms with E-state index in [-0.39, 0.29) is 0 Å². The van der Waals surface area contributed by atoms with Crippen molar-refractivity contribution in [1.29, 1.82) is 0 Å². The maximum absolute atomic E-state index is 12.6. The van der Waals surface area contributed by atoms with E-state index in [0.717, 1.165) is 6.92 Å². The Morgan fingerprint density at radius 2 is 1.35 bits per heavy atom. The molecule has 0 aliphatic heterocycles. The van der Waals surface area contributed by atoms with Crippen LogP contribution in [0.25, 0.3) is 0 Å². The summed E-state index contributed by atoms with van der Waals surface area (Å²) >= 11 is 0. The summed E-state index contributed by atoms with van der Waals surface area (Å²) in [6, 6.07) is 0. The van der Waals surface area contributed by atoms with Gasteiger partial charge in [0.1, 0.15) is 0 Å². The molecular weight excluding hydrogens is 271 g/mol. The minimum absolute atomic E-state index is 0.866. The van der Waals surface area contributed by atoms with Crippen LogP contribution in [-0.4, -0.2) is 24.9 Å². The van der Waals surface area contributed by atoms with Gasteiger partial charge in [0.2, 0.25) is 11.6 Å². The molecule has 0 radical (unpaired) electrons. The Kier molecular flexibility index (Phi) is 4.35. The van der Waals surface area contributed by atoms with E-state index in [2.05, 4.69) is 4.74 Å². The molecule has 0 saturated heterocycles.